The summed E-state index contributed by atoms with van der Waals surface area (Å²) in [5, 5.41) is 6.65. The molecule has 0 bridgehead atoms. The van der Waals surface area contributed by atoms with Crippen LogP contribution in [0.2, 0.25) is 5.02 Å². The van der Waals surface area contributed by atoms with Gasteiger partial charge >= 0.3 is 0 Å². The highest BCUT2D eigenvalue weighted by atomic mass is 35.5. The Morgan fingerprint density at radius 1 is 1.43 bits per heavy atom. The van der Waals surface area contributed by atoms with E-state index in [0.717, 1.165) is 18.4 Å². The van der Waals surface area contributed by atoms with Crippen LogP contribution < -0.4 is 15.4 Å². The molecule has 0 saturated heterocycles. The van der Waals surface area contributed by atoms with E-state index in [1.54, 1.807) is 13.0 Å². The van der Waals surface area contributed by atoms with Crippen molar-refractivity contribution in [2.45, 2.75) is 51.3 Å². The maximum Gasteiger partial charge on any atom is 0.260 e. The van der Waals surface area contributed by atoms with Crippen molar-refractivity contribution in [2.24, 2.45) is 0 Å². The molecular weight excluding hydrogens is 288 g/mol. The molecule has 0 aliphatic heterocycles. The SMILES string of the molecule is CNCc1cccc(Cl)c1OC(C)C(=O)NC1CCCC1. The molecule has 1 fully saturated rings. The van der Waals surface area contributed by atoms with Crippen LogP contribution in [0.15, 0.2) is 18.2 Å². The molecule has 1 aromatic carbocycles. The fourth-order valence-corrected chi connectivity index (χ4v) is 2.87. The number of amides is 1. The molecule has 1 saturated carbocycles. The summed E-state index contributed by atoms with van der Waals surface area (Å²) in [5.41, 5.74) is 0.950. The molecule has 116 valence electrons. The van der Waals surface area contributed by atoms with Gasteiger partial charge in [0.25, 0.3) is 5.91 Å². The van der Waals surface area contributed by atoms with Crippen molar-refractivity contribution < 1.29 is 9.53 Å². The first-order chi connectivity index (χ1) is 10.1. The number of rotatable bonds is 6. The summed E-state index contributed by atoms with van der Waals surface area (Å²) in [7, 11) is 1.86. The predicted octanol–water partition coefficient (Wildman–Crippen LogP) is 2.89. The Morgan fingerprint density at radius 2 is 2.14 bits per heavy atom. The minimum Gasteiger partial charge on any atom is -0.479 e. The van der Waals surface area contributed by atoms with Crippen molar-refractivity contribution in [2.75, 3.05) is 7.05 Å². The summed E-state index contributed by atoms with van der Waals surface area (Å²) in [6.07, 6.45) is 3.96. The standard InChI is InChI=1S/C16H23ClN2O2/c1-11(16(20)19-13-7-3-4-8-13)21-15-12(10-18-2)6-5-9-14(15)17/h5-6,9,11,13,18H,3-4,7-8,10H2,1-2H3,(H,19,20). The number of ether oxygens (including phenoxy) is 1. The minimum absolute atomic E-state index is 0.0720. The van der Waals surface area contributed by atoms with Gasteiger partial charge in [-0.25, -0.2) is 0 Å². The number of para-hydroxylation sites is 1. The second-order valence-electron chi connectivity index (χ2n) is 5.51. The van der Waals surface area contributed by atoms with Crippen LogP contribution in [0.4, 0.5) is 0 Å². The first-order valence-corrected chi connectivity index (χ1v) is 7.88. The third-order valence-electron chi connectivity index (χ3n) is 3.78. The van der Waals surface area contributed by atoms with Gasteiger partial charge in [-0.05, 0) is 32.9 Å². The largest absolute Gasteiger partial charge is 0.479 e. The summed E-state index contributed by atoms with van der Waals surface area (Å²) >= 11 is 6.20. The molecule has 0 radical (unpaired) electrons. The molecule has 0 aromatic heterocycles. The zero-order chi connectivity index (χ0) is 15.2. The smallest absolute Gasteiger partial charge is 0.260 e. The summed E-state index contributed by atoms with van der Waals surface area (Å²) in [6.45, 7) is 2.41. The molecule has 1 aliphatic carbocycles. The summed E-state index contributed by atoms with van der Waals surface area (Å²) in [6, 6.07) is 5.90. The third-order valence-corrected chi connectivity index (χ3v) is 4.08. The molecule has 1 aliphatic rings. The van der Waals surface area contributed by atoms with Gasteiger partial charge in [0.1, 0.15) is 5.75 Å². The Labute approximate surface area is 131 Å². The van der Waals surface area contributed by atoms with Gasteiger partial charge in [0.2, 0.25) is 0 Å². The average molecular weight is 311 g/mol. The predicted molar refractivity (Wildman–Crippen MR) is 84.7 cm³/mol. The van der Waals surface area contributed by atoms with Gasteiger partial charge in [0.15, 0.2) is 6.10 Å². The van der Waals surface area contributed by atoms with Gasteiger partial charge in [0, 0.05) is 18.2 Å². The highest BCUT2D eigenvalue weighted by Gasteiger charge is 2.22. The first kappa shape index (κ1) is 16.1. The lowest BCUT2D eigenvalue weighted by atomic mass is 10.2. The molecule has 21 heavy (non-hydrogen) atoms. The Hall–Kier alpha value is -1.26. The topological polar surface area (TPSA) is 50.4 Å². The molecule has 1 amide bonds. The quantitative estimate of drug-likeness (QED) is 0.849. The highest BCUT2D eigenvalue weighted by Crippen LogP contribution is 2.29. The van der Waals surface area contributed by atoms with E-state index >= 15 is 0 Å². The lowest BCUT2D eigenvalue weighted by Crippen LogP contribution is -2.41. The lowest BCUT2D eigenvalue weighted by Gasteiger charge is -2.20. The highest BCUT2D eigenvalue weighted by molar-refractivity contribution is 6.32. The first-order valence-electron chi connectivity index (χ1n) is 7.51. The fourth-order valence-electron chi connectivity index (χ4n) is 2.63. The van der Waals surface area contributed by atoms with Crippen LogP contribution in [-0.2, 0) is 11.3 Å². The van der Waals surface area contributed by atoms with E-state index in [1.807, 2.05) is 19.2 Å². The van der Waals surface area contributed by atoms with Crippen LogP contribution in [0.5, 0.6) is 5.75 Å². The van der Waals surface area contributed by atoms with Crippen molar-refractivity contribution >= 4 is 17.5 Å². The summed E-state index contributed by atoms with van der Waals surface area (Å²) in [5.74, 6) is 0.514. The maximum atomic E-state index is 12.2. The second-order valence-corrected chi connectivity index (χ2v) is 5.92. The number of hydrogen-bond donors (Lipinski definition) is 2. The summed E-state index contributed by atoms with van der Waals surface area (Å²) < 4.78 is 5.82. The van der Waals surface area contributed by atoms with E-state index in [9.17, 15) is 4.79 Å². The number of carbonyl (C=O) groups excluding carboxylic acids is 1. The molecule has 2 rings (SSSR count). The van der Waals surface area contributed by atoms with Crippen molar-refractivity contribution in [1.82, 2.24) is 10.6 Å². The third kappa shape index (κ3) is 4.35. The van der Waals surface area contributed by atoms with E-state index in [4.69, 9.17) is 16.3 Å². The molecule has 2 N–H and O–H groups in total. The van der Waals surface area contributed by atoms with Crippen LogP contribution >= 0.6 is 11.6 Å². The Balaban J connectivity index is 2.01. The van der Waals surface area contributed by atoms with E-state index in [1.165, 1.54) is 12.8 Å². The van der Waals surface area contributed by atoms with Gasteiger partial charge in [0.05, 0.1) is 5.02 Å². The van der Waals surface area contributed by atoms with Gasteiger partial charge in [-0.15, -0.1) is 0 Å². The molecule has 0 heterocycles. The Morgan fingerprint density at radius 3 is 2.81 bits per heavy atom. The van der Waals surface area contributed by atoms with Crippen LogP contribution in [0, 0.1) is 0 Å². The van der Waals surface area contributed by atoms with Crippen LogP contribution in [0.25, 0.3) is 0 Å². The van der Waals surface area contributed by atoms with Gasteiger partial charge in [-0.2, -0.15) is 0 Å². The number of halogens is 1. The molecule has 0 spiro atoms. The monoisotopic (exact) mass is 310 g/mol. The molecule has 4 nitrogen and oxygen atoms in total. The number of nitrogens with one attached hydrogen (secondary N) is 2. The Bertz CT molecular complexity index is 487. The fraction of sp³-hybridized carbons (Fsp3) is 0.562. The number of carbonyl (C=O) groups is 1. The zero-order valence-electron chi connectivity index (χ0n) is 12.6. The van der Waals surface area contributed by atoms with Crippen molar-refractivity contribution in [3.8, 4) is 5.75 Å². The van der Waals surface area contributed by atoms with Crippen LogP contribution in [0.1, 0.15) is 38.2 Å². The van der Waals surface area contributed by atoms with E-state index in [2.05, 4.69) is 10.6 Å². The summed E-state index contributed by atoms with van der Waals surface area (Å²) in [4.78, 5) is 12.2. The lowest BCUT2D eigenvalue weighted by molar-refractivity contribution is -0.127. The number of benzene rings is 1. The average Bonchev–Trinajstić information content (AvgIpc) is 2.95. The van der Waals surface area contributed by atoms with Gasteiger partial charge < -0.3 is 15.4 Å². The maximum absolute atomic E-state index is 12.2. The second kappa shape index (κ2) is 7.66. The van der Waals surface area contributed by atoms with E-state index in [-0.39, 0.29) is 5.91 Å². The molecular formula is C16H23ClN2O2. The van der Waals surface area contributed by atoms with Crippen molar-refractivity contribution in [1.29, 1.82) is 0 Å². The number of hydrogen-bond acceptors (Lipinski definition) is 3. The van der Waals surface area contributed by atoms with Crippen LogP contribution in [0.3, 0.4) is 0 Å². The molecule has 1 aromatic rings. The van der Waals surface area contributed by atoms with E-state index in [0.29, 0.717) is 23.4 Å². The zero-order valence-corrected chi connectivity index (χ0v) is 13.4. The Kier molecular flexibility index (Phi) is 5.88. The molecule has 5 heteroatoms. The van der Waals surface area contributed by atoms with Gasteiger partial charge in [-0.1, -0.05) is 36.6 Å². The van der Waals surface area contributed by atoms with Crippen LogP contribution in [-0.4, -0.2) is 25.1 Å². The normalized spacial score (nSPS) is 16.7. The minimum atomic E-state index is -0.555. The molecule has 1 atom stereocenters. The molecule has 1 unspecified atom stereocenters. The van der Waals surface area contributed by atoms with Crippen molar-refractivity contribution in [3.63, 3.8) is 0 Å². The van der Waals surface area contributed by atoms with Gasteiger partial charge in [-0.3, -0.25) is 4.79 Å². The van der Waals surface area contributed by atoms with E-state index < -0.39 is 6.10 Å². The van der Waals surface area contributed by atoms with Crippen molar-refractivity contribution in [3.05, 3.63) is 28.8 Å².